The summed E-state index contributed by atoms with van der Waals surface area (Å²) in [5.41, 5.74) is 1.74. The van der Waals surface area contributed by atoms with E-state index in [-0.39, 0.29) is 5.91 Å². The zero-order chi connectivity index (χ0) is 16.9. The summed E-state index contributed by atoms with van der Waals surface area (Å²) in [5.74, 6) is 0.383. The van der Waals surface area contributed by atoms with Crippen molar-refractivity contribution in [1.29, 1.82) is 0 Å². The lowest BCUT2D eigenvalue weighted by molar-refractivity contribution is -0.122. The summed E-state index contributed by atoms with van der Waals surface area (Å²) >= 11 is 7.40. The molecule has 0 aliphatic heterocycles. The molecule has 1 N–H and O–H groups in total. The van der Waals surface area contributed by atoms with E-state index in [9.17, 15) is 4.79 Å². The Morgan fingerprint density at radius 3 is 2.50 bits per heavy atom. The highest BCUT2D eigenvalue weighted by Crippen LogP contribution is 2.23. The Balaban J connectivity index is 1.60. The monoisotopic (exact) mass is 358 g/mol. The number of carbonyl (C=O) groups is 1. The Hall–Kier alpha value is -2.37. The third kappa shape index (κ3) is 4.13. The molecule has 122 valence electrons. The van der Waals surface area contributed by atoms with Gasteiger partial charge in [-0.3, -0.25) is 4.79 Å². The van der Waals surface area contributed by atoms with Crippen LogP contribution in [-0.4, -0.2) is 17.0 Å². The van der Waals surface area contributed by atoms with Crippen molar-refractivity contribution in [3.05, 3.63) is 65.1 Å². The van der Waals surface area contributed by atoms with Crippen LogP contribution in [0.15, 0.2) is 60.1 Å². The molecule has 3 aromatic rings. The van der Waals surface area contributed by atoms with Crippen LogP contribution in [0.1, 0.15) is 6.92 Å². The van der Waals surface area contributed by atoms with Crippen LogP contribution in [-0.2, 0) is 4.79 Å². The molecule has 0 saturated carbocycles. The number of anilines is 1. The molecule has 24 heavy (non-hydrogen) atoms. The van der Waals surface area contributed by atoms with Crippen LogP contribution in [0.25, 0.3) is 10.6 Å². The third-order valence-electron chi connectivity index (χ3n) is 3.33. The predicted octanol–water partition coefficient (Wildman–Crippen LogP) is 4.87. The van der Waals surface area contributed by atoms with E-state index in [2.05, 4.69) is 10.3 Å². The first-order valence-electron chi connectivity index (χ1n) is 7.35. The molecular weight excluding hydrogens is 344 g/mol. The Kier molecular flexibility index (Phi) is 5.13. The molecule has 0 aliphatic rings. The van der Waals surface area contributed by atoms with Gasteiger partial charge in [-0.25, -0.2) is 4.98 Å². The Labute approximate surface area is 149 Å². The van der Waals surface area contributed by atoms with Gasteiger partial charge in [0.25, 0.3) is 5.91 Å². The van der Waals surface area contributed by atoms with Gasteiger partial charge >= 0.3 is 0 Å². The van der Waals surface area contributed by atoms with Crippen LogP contribution in [0.5, 0.6) is 5.75 Å². The maximum atomic E-state index is 12.2. The average molecular weight is 359 g/mol. The van der Waals surface area contributed by atoms with Crippen molar-refractivity contribution in [1.82, 2.24) is 4.98 Å². The van der Waals surface area contributed by atoms with Crippen LogP contribution < -0.4 is 10.1 Å². The van der Waals surface area contributed by atoms with Gasteiger partial charge in [0.1, 0.15) is 10.8 Å². The summed E-state index contributed by atoms with van der Waals surface area (Å²) < 4.78 is 5.61. The molecule has 6 heteroatoms. The molecule has 0 aliphatic carbocycles. The van der Waals surface area contributed by atoms with E-state index >= 15 is 0 Å². The van der Waals surface area contributed by atoms with Crippen LogP contribution in [0.2, 0.25) is 5.02 Å². The van der Waals surface area contributed by atoms with Crippen LogP contribution >= 0.6 is 22.9 Å². The van der Waals surface area contributed by atoms with Crippen LogP contribution in [0, 0.1) is 0 Å². The van der Waals surface area contributed by atoms with Gasteiger partial charge < -0.3 is 10.1 Å². The van der Waals surface area contributed by atoms with Crippen molar-refractivity contribution in [2.24, 2.45) is 0 Å². The normalized spacial score (nSPS) is 11.8. The van der Waals surface area contributed by atoms with Crippen molar-refractivity contribution in [2.75, 3.05) is 5.32 Å². The number of nitrogens with one attached hydrogen (secondary N) is 1. The minimum atomic E-state index is -0.621. The highest BCUT2D eigenvalue weighted by Gasteiger charge is 2.15. The molecule has 4 nitrogen and oxygen atoms in total. The minimum Gasteiger partial charge on any atom is -0.481 e. The van der Waals surface area contributed by atoms with Gasteiger partial charge in [0.15, 0.2) is 6.10 Å². The molecule has 0 unspecified atom stereocenters. The van der Waals surface area contributed by atoms with E-state index in [1.165, 1.54) is 0 Å². The first-order chi connectivity index (χ1) is 11.6. The van der Waals surface area contributed by atoms with Gasteiger partial charge in [-0.15, -0.1) is 11.3 Å². The van der Waals surface area contributed by atoms with Gasteiger partial charge in [-0.05, 0) is 55.5 Å². The number of carbonyl (C=O) groups excluding carboxylic acids is 1. The van der Waals surface area contributed by atoms with E-state index < -0.39 is 6.10 Å². The second kappa shape index (κ2) is 7.47. The maximum absolute atomic E-state index is 12.2. The van der Waals surface area contributed by atoms with Gasteiger partial charge in [-0.2, -0.15) is 0 Å². The number of aromatic nitrogens is 1. The highest BCUT2D eigenvalue weighted by atomic mass is 35.5. The first-order valence-corrected chi connectivity index (χ1v) is 8.60. The lowest BCUT2D eigenvalue weighted by Crippen LogP contribution is -2.30. The summed E-state index contributed by atoms with van der Waals surface area (Å²) in [5, 5.41) is 6.35. The van der Waals surface area contributed by atoms with Crippen molar-refractivity contribution >= 4 is 34.5 Å². The van der Waals surface area contributed by atoms with Gasteiger partial charge in [0.05, 0.1) is 0 Å². The molecule has 0 fully saturated rings. The number of thiazole rings is 1. The largest absolute Gasteiger partial charge is 0.481 e. The molecule has 2 aromatic carbocycles. The smallest absolute Gasteiger partial charge is 0.265 e. The molecule has 0 radical (unpaired) electrons. The summed E-state index contributed by atoms with van der Waals surface area (Å²) in [4.78, 5) is 16.5. The molecule has 1 heterocycles. The quantitative estimate of drug-likeness (QED) is 0.707. The number of halogens is 1. The van der Waals surface area contributed by atoms with E-state index in [4.69, 9.17) is 16.3 Å². The number of rotatable bonds is 5. The summed E-state index contributed by atoms with van der Waals surface area (Å²) in [7, 11) is 0. The molecule has 0 spiro atoms. The molecular formula is C18H15ClN2O2S. The van der Waals surface area contributed by atoms with Crippen molar-refractivity contribution in [3.63, 3.8) is 0 Å². The van der Waals surface area contributed by atoms with Crippen LogP contribution in [0.3, 0.4) is 0 Å². The Bertz CT molecular complexity index is 802. The maximum Gasteiger partial charge on any atom is 0.265 e. The van der Waals surface area contributed by atoms with Gasteiger partial charge in [0.2, 0.25) is 0 Å². The Morgan fingerprint density at radius 1 is 1.17 bits per heavy atom. The summed E-state index contributed by atoms with van der Waals surface area (Å²) in [6, 6.07) is 14.5. The topological polar surface area (TPSA) is 51.2 Å². The fraction of sp³-hybridized carbons (Fsp3) is 0.111. The van der Waals surface area contributed by atoms with Crippen molar-refractivity contribution < 1.29 is 9.53 Å². The van der Waals surface area contributed by atoms with Crippen molar-refractivity contribution in [2.45, 2.75) is 13.0 Å². The Morgan fingerprint density at radius 2 is 1.88 bits per heavy atom. The highest BCUT2D eigenvalue weighted by molar-refractivity contribution is 7.13. The minimum absolute atomic E-state index is 0.216. The molecule has 3 rings (SSSR count). The first kappa shape index (κ1) is 16.5. The average Bonchev–Trinajstić information content (AvgIpc) is 3.12. The fourth-order valence-electron chi connectivity index (χ4n) is 2.08. The number of benzene rings is 2. The van der Waals surface area contributed by atoms with Crippen molar-refractivity contribution in [3.8, 4) is 16.3 Å². The number of hydrogen-bond acceptors (Lipinski definition) is 4. The predicted molar refractivity (Wildman–Crippen MR) is 97.7 cm³/mol. The number of nitrogens with zero attached hydrogens (tertiary/aromatic N) is 1. The second-order valence-electron chi connectivity index (χ2n) is 5.12. The SMILES string of the molecule is C[C@H](Oc1ccc(Cl)cc1)C(=O)Nc1ccc(-c2nccs2)cc1. The molecule has 0 saturated heterocycles. The lowest BCUT2D eigenvalue weighted by atomic mass is 10.2. The van der Waals surface area contributed by atoms with Gasteiger partial charge in [-0.1, -0.05) is 11.6 Å². The molecule has 1 aromatic heterocycles. The van der Waals surface area contributed by atoms with E-state index in [0.29, 0.717) is 16.5 Å². The van der Waals surface area contributed by atoms with Gasteiger partial charge in [0, 0.05) is 27.9 Å². The molecule has 0 bridgehead atoms. The zero-order valence-electron chi connectivity index (χ0n) is 12.9. The number of hydrogen-bond donors (Lipinski definition) is 1. The third-order valence-corrected chi connectivity index (χ3v) is 4.40. The number of amides is 1. The van der Waals surface area contributed by atoms with E-state index in [1.807, 2.05) is 29.6 Å². The summed E-state index contributed by atoms with van der Waals surface area (Å²) in [6.45, 7) is 1.70. The molecule has 1 amide bonds. The summed E-state index contributed by atoms with van der Waals surface area (Å²) in [6.07, 6.45) is 1.15. The fourth-order valence-corrected chi connectivity index (χ4v) is 2.85. The number of ether oxygens (including phenoxy) is 1. The standard InChI is InChI=1S/C18H15ClN2O2S/c1-12(23-16-8-4-14(19)5-9-16)17(22)21-15-6-2-13(3-7-15)18-20-10-11-24-18/h2-12H,1H3,(H,21,22)/t12-/m0/s1. The van der Waals surface area contributed by atoms with E-state index in [0.717, 1.165) is 10.6 Å². The molecule has 1 atom stereocenters. The lowest BCUT2D eigenvalue weighted by Gasteiger charge is -2.15. The van der Waals surface area contributed by atoms with Crippen LogP contribution in [0.4, 0.5) is 5.69 Å². The second-order valence-corrected chi connectivity index (χ2v) is 6.45. The van der Waals surface area contributed by atoms with E-state index in [1.54, 1.807) is 48.7 Å². The zero-order valence-corrected chi connectivity index (χ0v) is 14.5.